The molecule has 0 amide bonds. The van der Waals surface area contributed by atoms with E-state index >= 15 is 0 Å². The fourth-order valence-corrected chi connectivity index (χ4v) is 14.9. The molecular formula is C120H101N7. The van der Waals surface area contributed by atoms with Crippen LogP contribution in [0.25, 0.3) is 146 Å². The van der Waals surface area contributed by atoms with Crippen LogP contribution in [0.1, 0.15) is 39.3 Å². The van der Waals surface area contributed by atoms with Crippen LogP contribution < -0.4 is 0 Å². The first-order valence-corrected chi connectivity index (χ1v) is 42.9. The predicted octanol–water partition coefficient (Wildman–Crippen LogP) is 31.4. The van der Waals surface area contributed by atoms with Crippen molar-refractivity contribution in [3.63, 3.8) is 0 Å². The number of hydrogen-bond acceptors (Lipinski definition) is 7. The Morgan fingerprint density at radius 2 is 0.504 bits per heavy atom. The van der Waals surface area contributed by atoms with E-state index in [4.69, 9.17) is 15.0 Å². The van der Waals surface area contributed by atoms with Crippen molar-refractivity contribution in [3.8, 4) is 146 Å². The Kier molecular flexibility index (Phi) is 31.0. The van der Waals surface area contributed by atoms with E-state index in [9.17, 15) is 0 Å². The van der Waals surface area contributed by atoms with Gasteiger partial charge in [-0.25, -0.2) is 15.0 Å². The molecule has 616 valence electrons. The third kappa shape index (κ3) is 24.6. The van der Waals surface area contributed by atoms with E-state index in [-0.39, 0.29) is 0 Å². The standard InChI is InChI=1S/C24H19N.4C18H15N.2C12H11N/c1-18-17-22(19-11-5-2-6-12-19)25-24(21-15-9-4-10-16-21)23(18)20-13-7-3-8-14-20;1-14-17(15-8-4-2-5-9-15)12-19-13-18(14)16-10-6-3-7-11-16;1-14-12-17(15-8-4-2-5-9-15)13-18(19-14)16-10-6-3-7-11-16;1-14-12-17(15-8-4-2-5-9-15)19-18(13-14)16-10-6-3-7-11-16;1-14-12-13-17(15-8-4-2-5-9-15)19-18(14)16-10-6-3-7-11-16;1-10-6-5-9-12(13-10)11-7-3-2-4-8-11;1-10-12(8-5-9-13-10)11-6-3-2-4-7-11/h2-17H,1H3;4*2-13H,1H3;2*2-9H,1H3. The summed E-state index contributed by atoms with van der Waals surface area (Å²) in [6, 6.07) is 160. The fraction of sp³-hybridized carbons (Fsp3) is 0.0583. The number of nitrogens with zero attached hydrogens (tertiary/aromatic N) is 7. The van der Waals surface area contributed by atoms with Crippen LogP contribution in [0.4, 0.5) is 0 Å². The van der Waals surface area contributed by atoms with E-state index < -0.39 is 0 Å². The van der Waals surface area contributed by atoms with Gasteiger partial charge in [-0.1, -0.05) is 413 Å². The number of pyridine rings is 7. The van der Waals surface area contributed by atoms with Gasteiger partial charge in [0, 0.05) is 102 Å². The molecule has 0 aliphatic heterocycles. The molecule has 0 bridgehead atoms. The summed E-state index contributed by atoms with van der Waals surface area (Å²) >= 11 is 0. The van der Waals surface area contributed by atoms with E-state index in [1.165, 1.54) is 83.5 Å². The van der Waals surface area contributed by atoms with Crippen LogP contribution in [0.15, 0.2) is 486 Å². The minimum Gasteiger partial charge on any atom is -0.263 e. The van der Waals surface area contributed by atoms with Crippen LogP contribution in [0.2, 0.25) is 0 Å². The van der Waals surface area contributed by atoms with E-state index in [1.54, 1.807) is 0 Å². The Balaban J connectivity index is 0.000000121. The van der Waals surface area contributed by atoms with Crippen LogP contribution in [0.3, 0.4) is 0 Å². The SMILES string of the molecule is Cc1c(-c2ccccc2)cncc1-c1ccccc1.Cc1cc(-c2ccccc2)cc(-c2ccccc2)n1.Cc1cc(-c2ccccc2)nc(-c2ccccc2)c1.Cc1cc(-c2ccccc2)nc(-c2ccccc2)c1-c1ccccc1.Cc1ccc(-c2ccccc2)nc1-c1ccccc1.Cc1cccc(-c2ccccc2)n1.Cc1ncccc1-c1ccccc1. The van der Waals surface area contributed by atoms with Crippen molar-refractivity contribution in [2.24, 2.45) is 0 Å². The normalized spacial score (nSPS) is 10.3. The smallest absolute Gasteiger partial charge is 0.0790 e. The van der Waals surface area contributed by atoms with Gasteiger partial charge in [0.15, 0.2) is 0 Å². The lowest BCUT2D eigenvalue weighted by Crippen LogP contribution is -1.96. The van der Waals surface area contributed by atoms with E-state index in [0.29, 0.717) is 0 Å². The van der Waals surface area contributed by atoms with Gasteiger partial charge < -0.3 is 0 Å². The second-order valence-electron chi connectivity index (χ2n) is 30.6. The molecule has 0 aliphatic carbocycles. The van der Waals surface area contributed by atoms with Gasteiger partial charge in [0.25, 0.3) is 0 Å². The van der Waals surface area contributed by atoms with Gasteiger partial charge in [-0.2, -0.15) is 0 Å². The summed E-state index contributed by atoms with van der Waals surface area (Å²) in [6.07, 6.45) is 5.70. The molecule has 13 aromatic carbocycles. The lowest BCUT2D eigenvalue weighted by molar-refractivity contribution is 1.20. The van der Waals surface area contributed by atoms with Crippen molar-refractivity contribution in [1.29, 1.82) is 0 Å². The Morgan fingerprint density at radius 1 is 0.181 bits per heavy atom. The Morgan fingerprint density at radius 3 is 0.906 bits per heavy atom. The largest absolute Gasteiger partial charge is 0.263 e. The molecule has 7 heterocycles. The molecule has 127 heavy (non-hydrogen) atoms. The first kappa shape index (κ1) is 87.3. The number of aromatic nitrogens is 7. The zero-order valence-corrected chi connectivity index (χ0v) is 72.8. The van der Waals surface area contributed by atoms with Crippen molar-refractivity contribution in [2.75, 3.05) is 0 Å². The first-order valence-electron chi connectivity index (χ1n) is 42.9. The zero-order valence-electron chi connectivity index (χ0n) is 72.8. The minimum atomic E-state index is 1.01. The molecule has 0 atom stereocenters. The summed E-state index contributed by atoms with van der Waals surface area (Å²) in [5.41, 5.74) is 37.7. The van der Waals surface area contributed by atoms with Gasteiger partial charge in [0.2, 0.25) is 0 Å². The molecule has 0 N–H and O–H groups in total. The quantitative estimate of drug-likeness (QED) is 0.114. The summed E-state index contributed by atoms with van der Waals surface area (Å²) in [5, 5.41) is 0. The van der Waals surface area contributed by atoms with E-state index in [1.807, 2.05) is 227 Å². The third-order valence-electron chi connectivity index (χ3n) is 21.3. The van der Waals surface area contributed by atoms with Gasteiger partial charge in [-0.05, 0) is 159 Å². The maximum Gasteiger partial charge on any atom is 0.0790 e. The maximum absolute atomic E-state index is 5.05. The zero-order chi connectivity index (χ0) is 87.6. The summed E-state index contributed by atoms with van der Waals surface area (Å²) in [5.74, 6) is 0. The summed E-state index contributed by atoms with van der Waals surface area (Å²) in [7, 11) is 0. The number of benzene rings is 13. The molecule has 0 saturated carbocycles. The molecule has 0 saturated heterocycles. The Bertz CT molecular complexity index is 6390. The molecular weight excluding hydrogens is 1540 g/mol. The molecule has 20 aromatic rings. The van der Waals surface area contributed by atoms with Gasteiger partial charge in [0.1, 0.15) is 0 Å². The van der Waals surface area contributed by atoms with Gasteiger partial charge in [-0.15, -0.1) is 0 Å². The lowest BCUT2D eigenvalue weighted by Gasteiger charge is -2.15. The Labute approximate surface area is 749 Å². The molecule has 0 radical (unpaired) electrons. The van der Waals surface area contributed by atoms with Crippen LogP contribution in [-0.4, -0.2) is 34.9 Å². The number of rotatable bonds is 13. The molecule has 0 unspecified atom stereocenters. The highest BCUT2D eigenvalue weighted by molar-refractivity contribution is 5.86. The van der Waals surface area contributed by atoms with Crippen LogP contribution in [-0.2, 0) is 0 Å². The number of hydrogen-bond donors (Lipinski definition) is 0. The summed E-state index contributed by atoms with van der Waals surface area (Å²) in [6.45, 7) is 14.6. The maximum atomic E-state index is 5.05. The second-order valence-corrected chi connectivity index (χ2v) is 30.6. The first-order chi connectivity index (χ1) is 62.4. The van der Waals surface area contributed by atoms with Gasteiger partial charge in [-0.3, -0.25) is 19.9 Å². The molecule has 7 nitrogen and oxygen atoms in total. The Hall–Kier alpha value is -16.1. The molecule has 0 aliphatic rings. The van der Waals surface area contributed by atoms with Crippen molar-refractivity contribution < 1.29 is 0 Å². The molecule has 0 spiro atoms. The molecule has 7 aromatic heterocycles. The topological polar surface area (TPSA) is 90.2 Å². The summed E-state index contributed by atoms with van der Waals surface area (Å²) in [4.78, 5) is 32.4. The second kappa shape index (κ2) is 45.2. The fourth-order valence-electron chi connectivity index (χ4n) is 14.9. The minimum absolute atomic E-state index is 1.01. The van der Waals surface area contributed by atoms with Crippen molar-refractivity contribution in [3.05, 3.63) is 525 Å². The highest BCUT2D eigenvalue weighted by atomic mass is 14.7. The number of aryl methyl sites for hydroxylation is 6. The molecule has 20 rings (SSSR count). The van der Waals surface area contributed by atoms with Crippen molar-refractivity contribution in [2.45, 2.75) is 48.5 Å². The van der Waals surface area contributed by atoms with Gasteiger partial charge >= 0.3 is 0 Å². The van der Waals surface area contributed by atoms with Crippen LogP contribution in [0, 0.1) is 48.5 Å². The monoisotopic (exact) mass is 1640 g/mol. The van der Waals surface area contributed by atoms with E-state index in [0.717, 1.165) is 102 Å². The lowest BCUT2D eigenvalue weighted by atomic mass is 9.94. The van der Waals surface area contributed by atoms with Gasteiger partial charge in [0.05, 0.1) is 45.6 Å². The molecule has 0 fully saturated rings. The predicted molar refractivity (Wildman–Crippen MR) is 533 cm³/mol. The highest BCUT2D eigenvalue weighted by Crippen LogP contribution is 2.38. The highest BCUT2D eigenvalue weighted by Gasteiger charge is 2.17. The average molecular weight is 1640 g/mol. The van der Waals surface area contributed by atoms with Crippen LogP contribution >= 0.6 is 0 Å². The third-order valence-corrected chi connectivity index (χ3v) is 21.3. The van der Waals surface area contributed by atoms with Crippen LogP contribution in [0.5, 0.6) is 0 Å². The van der Waals surface area contributed by atoms with E-state index in [2.05, 4.69) is 327 Å². The average Bonchev–Trinajstić information content (AvgIpc) is 0.778. The summed E-state index contributed by atoms with van der Waals surface area (Å²) < 4.78 is 0. The molecule has 7 heteroatoms. The van der Waals surface area contributed by atoms with Crippen molar-refractivity contribution in [1.82, 2.24) is 34.9 Å². The van der Waals surface area contributed by atoms with Crippen molar-refractivity contribution >= 4 is 0 Å².